The normalized spacial score (nSPS) is 18.8. The molecule has 0 radical (unpaired) electrons. The standard InChI is InChI=1S/C18H25N3O2.ClH/c1-12(13-6-8-19-9-7-13)10-18(23)20-15-4-2-14-3-5-17(22)21-16(14)11-15;/h2,4,11-13,19H,3,5-10H2,1H3,(H,20,23)(H,21,22);1H. The molecule has 1 aromatic carbocycles. The summed E-state index contributed by atoms with van der Waals surface area (Å²) >= 11 is 0. The number of aryl methyl sites for hydroxylation is 1. The Labute approximate surface area is 149 Å². The first-order chi connectivity index (χ1) is 11.1. The number of hydrogen-bond acceptors (Lipinski definition) is 3. The highest BCUT2D eigenvalue weighted by molar-refractivity contribution is 5.96. The van der Waals surface area contributed by atoms with Crippen molar-refractivity contribution in [3.8, 4) is 0 Å². The van der Waals surface area contributed by atoms with Crippen LogP contribution in [0.15, 0.2) is 18.2 Å². The van der Waals surface area contributed by atoms with Crippen molar-refractivity contribution < 1.29 is 9.59 Å². The molecule has 3 N–H and O–H groups in total. The van der Waals surface area contributed by atoms with Crippen LogP contribution < -0.4 is 16.0 Å². The number of amides is 2. The van der Waals surface area contributed by atoms with E-state index in [1.165, 1.54) is 0 Å². The Bertz CT molecular complexity index is 600. The molecular formula is C18H26ClN3O2. The minimum atomic E-state index is 0. The van der Waals surface area contributed by atoms with Gasteiger partial charge in [-0.25, -0.2) is 0 Å². The van der Waals surface area contributed by atoms with Gasteiger partial charge in [-0.15, -0.1) is 12.4 Å². The van der Waals surface area contributed by atoms with E-state index >= 15 is 0 Å². The van der Waals surface area contributed by atoms with Gasteiger partial charge in [0.15, 0.2) is 0 Å². The molecule has 0 bridgehead atoms. The van der Waals surface area contributed by atoms with Crippen LogP contribution in [-0.4, -0.2) is 24.9 Å². The average molecular weight is 352 g/mol. The van der Waals surface area contributed by atoms with Crippen LogP contribution in [0.4, 0.5) is 11.4 Å². The molecule has 2 aliphatic rings. The first kappa shape index (κ1) is 18.7. The maximum atomic E-state index is 12.3. The van der Waals surface area contributed by atoms with Gasteiger partial charge < -0.3 is 16.0 Å². The van der Waals surface area contributed by atoms with Gasteiger partial charge in [-0.3, -0.25) is 9.59 Å². The number of piperidine rings is 1. The van der Waals surface area contributed by atoms with Crippen molar-refractivity contribution in [1.29, 1.82) is 0 Å². The lowest BCUT2D eigenvalue weighted by Gasteiger charge is -2.28. The van der Waals surface area contributed by atoms with Gasteiger partial charge in [0.1, 0.15) is 0 Å². The molecule has 2 amide bonds. The fraction of sp³-hybridized carbons (Fsp3) is 0.556. The van der Waals surface area contributed by atoms with Crippen molar-refractivity contribution in [3.05, 3.63) is 23.8 Å². The zero-order chi connectivity index (χ0) is 16.2. The monoisotopic (exact) mass is 351 g/mol. The van der Waals surface area contributed by atoms with E-state index in [4.69, 9.17) is 0 Å². The molecule has 0 saturated carbocycles. The molecule has 1 aromatic rings. The van der Waals surface area contributed by atoms with Crippen LogP contribution in [-0.2, 0) is 16.0 Å². The van der Waals surface area contributed by atoms with Gasteiger partial charge in [0.2, 0.25) is 11.8 Å². The van der Waals surface area contributed by atoms with E-state index in [1.54, 1.807) is 0 Å². The summed E-state index contributed by atoms with van der Waals surface area (Å²) in [5, 5.41) is 9.20. The highest BCUT2D eigenvalue weighted by atomic mass is 35.5. The summed E-state index contributed by atoms with van der Waals surface area (Å²) in [6.07, 6.45) is 4.15. The molecule has 24 heavy (non-hydrogen) atoms. The maximum Gasteiger partial charge on any atom is 0.224 e. The predicted molar refractivity (Wildman–Crippen MR) is 98.6 cm³/mol. The molecule has 3 rings (SSSR count). The molecule has 5 nitrogen and oxygen atoms in total. The highest BCUT2D eigenvalue weighted by Gasteiger charge is 2.22. The lowest BCUT2D eigenvalue weighted by Crippen LogP contribution is -2.32. The zero-order valence-corrected chi connectivity index (χ0v) is 14.9. The quantitative estimate of drug-likeness (QED) is 0.781. The third-order valence-electron chi connectivity index (χ3n) is 4.99. The molecule has 0 aromatic heterocycles. The molecule has 1 saturated heterocycles. The van der Waals surface area contributed by atoms with Gasteiger partial charge in [0.25, 0.3) is 0 Å². The van der Waals surface area contributed by atoms with E-state index in [0.717, 1.165) is 49.3 Å². The van der Waals surface area contributed by atoms with Crippen LogP contribution in [0, 0.1) is 11.8 Å². The van der Waals surface area contributed by atoms with Crippen LogP contribution in [0.3, 0.4) is 0 Å². The molecule has 132 valence electrons. The summed E-state index contributed by atoms with van der Waals surface area (Å²) in [5.74, 6) is 1.12. The topological polar surface area (TPSA) is 70.2 Å². The zero-order valence-electron chi connectivity index (χ0n) is 14.1. The number of carbonyl (C=O) groups excluding carboxylic acids is 2. The summed E-state index contributed by atoms with van der Waals surface area (Å²) in [6, 6.07) is 5.77. The average Bonchev–Trinajstić information content (AvgIpc) is 2.55. The van der Waals surface area contributed by atoms with E-state index in [1.807, 2.05) is 18.2 Å². The Balaban J connectivity index is 0.00000208. The van der Waals surface area contributed by atoms with Gasteiger partial charge in [-0.1, -0.05) is 13.0 Å². The summed E-state index contributed by atoms with van der Waals surface area (Å²) in [5.41, 5.74) is 2.71. The van der Waals surface area contributed by atoms with E-state index in [-0.39, 0.29) is 24.2 Å². The van der Waals surface area contributed by atoms with Crippen molar-refractivity contribution in [2.75, 3.05) is 23.7 Å². The smallest absolute Gasteiger partial charge is 0.224 e. The molecule has 0 aliphatic carbocycles. The van der Waals surface area contributed by atoms with Crippen molar-refractivity contribution in [2.24, 2.45) is 11.8 Å². The minimum Gasteiger partial charge on any atom is -0.326 e. The molecular weight excluding hydrogens is 326 g/mol. The number of nitrogens with one attached hydrogen (secondary N) is 3. The van der Waals surface area contributed by atoms with Gasteiger partial charge in [0.05, 0.1) is 0 Å². The second-order valence-corrected chi connectivity index (χ2v) is 6.74. The first-order valence-corrected chi connectivity index (χ1v) is 8.55. The number of halogens is 1. The fourth-order valence-corrected chi connectivity index (χ4v) is 3.53. The number of hydrogen-bond donors (Lipinski definition) is 3. The lowest BCUT2D eigenvalue weighted by atomic mass is 9.84. The van der Waals surface area contributed by atoms with E-state index in [9.17, 15) is 9.59 Å². The second-order valence-electron chi connectivity index (χ2n) is 6.74. The van der Waals surface area contributed by atoms with E-state index in [0.29, 0.717) is 24.7 Å². The molecule has 1 fully saturated rings. The number of fused-ring (bicyclic) bond motifs is 1. The van der Waals surface area contributed by atoms with Crippen molar-refractivity contribution in [1.82, 2.24) is 5.32 Å². The van der Waals surface area contributed by atoms with Gasteiger partial charge in [0, 0.05) is 24.2 Å². The van der Waals surface area contributed by atoms with Gasteiger partial charge in [-0.2, -0.15) is 0 Å². The van der Waals surface area contributed by atoms with Crippen molar-refractivity contribution >= 4 is 35.6 Å². The van der Waals surface area contributed by atoms with Gasteiger partial charge >= 0.3 is 0 Å². The van der Waals surface area contributed by atoms with Crippen LogP contribution in [0.25, 0.3) is 0 Å². The van der Waals surface area contributed by atoms with Crippen LogP contribution in [0.5, 0.6) is 0 Å². The Kier molecular flexibility index (Phi) is 6.63. The Morgan fingerprint density at radius 2 is 2.04 bits per heavy atom. The Morgan fingerprint density at radius 1 is 1.29 bits per heavy atom. The van der Waals surface area contributed by atoms with Crippen LogP contribution >= 0.6 is 12.4 Å². The second kappa shape index (κ2) is 8.49. The van der Waals surface area contributed by atoms with Crippen molar-refractivity contribution in [3.63, 3.8) is 0 Å². The van der Waals surface area contributed by atoms with Crippen LogP contribution in [0.2, 0.25) is 0 Å². The largest absolute Gasteiger partial charge is 0.326 e. The highest BCUT2D eigenvalue weighted by Crippen LogP contribution is 2.27. The number of rotatable bonds is 4. The summed E-state index contributed by atoms with van der Waals surface area (Å²) in [7, 11) is 0. The molecule has 1 atom stereocenters. The lowest BCUT2D eigenvalue weighted by molar-refractivity contribution is -0.117. The molecule has 2 aliphatic heterocycles. The molecule has 0 spiro atoms. The third kappa shape index (κ3) is 4.71. The minimum absolute atomic E-state index is 0. The summed E-state index contributed by atoms with van der Waals surface area (Å²) in [6.45, 7) is 4.28. The molecule has 1 unspecified atom stereocenters. The fourth-order valence-electron chi connectivity index (χ4n) is 3.53. The van der Waals surface area contributed by atoms with Crippen molar-refractivity contribution in [2.45, 2.75) is 39.0 Å². The first-order valence-electron chi connectivity index (χ1n) is 8.55. The van der Waals surface area contributed by atoms with E-state index in [2.05, 4.69) is 22.9 Å². The SMILES string of the molecule is CC(CC(=O)Nc1ccc2c(c1)NC(=O)CC2)C1CCNCC1.Cl. The number of benzene rings is 1. The Hall–Kier alpha value is -1.59. The summed E-state index contributed by atoms with van der Waals surface area (Å²) < 4.78 is 0. The number of anilines is 2. The molecule has 6 heteroatoms. The van der Waals surface area contributed by atoms with Gasteiger partial charge in [-0.05, 0) is 61.9 Å². The molecule has 2 heterocycles. The van der Waals surface area contributed by atoms with Crippen LogP contribution in [0.1, 0.15) is 38.2 Å². The Morgan fingerprint density at radius 3 is 2.79 bits per heavy atom. The number of carbonyl (C=O) groups is 2. The predicted octanol–water partition coefficient (Wildman–Crippen LogP) is 2.96. The third-order valence-corrected chi connectivity index (χ3v) is 4.99. The van der Waals surface area contributed by atoms with E-state index < -0.39 is 0 Å². The maximum absolute atomic E-state index is 12.3. The summed E-state index contributed by atoms with van der Waals surface area (Å²) in [4.78, 5) is 23.8.